The second kappa shape index (κ2) is 7.79. The van der Waals surface area contributed by atoms with Gasteiger partial charge in [0, 0.05) is 18.8 Å². The molecule has 1 aliphatic rings. The summed E-state index contributed by atoms with van der Waals surface area (Å²) in [5.41, 5.74) is 2.48. The quantitative estimate of drug-likeness (QED) is 0.886. The summed E-state index contributed by atoms with van der Waals surface area (Å²) in [4.78, 5) is 14.4. The van der Waals surface area contributed by atoms with Gasteiger partial charge in [-0.2, -0.15) is 0 Å². The number of anilines is 3. The number of ether oxygens (including phenoxy) is 1. The van der Waals surface area contributed by atoms with Crippen LogP contribution in [-0.2, 0) is 9.53 Å². The largest absolute Gasteiger partial charge is 0.378 e. The predicted octanol–water partition coefficient (Wildman–Crippen LogP) is 2.71. The third-order valence-corrected chi connectivity index (χ3v) is 3.83. The Balaban J connectivity index is 1.60. The van der Waals surface area contributed by atoms with Crippen molar-refractivity contribution in [2.45, 2.75) is 0 Å². The zero-order chi connectivity index (χ0) is 16.8. The molecule has 0 radical (unpaired) electrons. The first kappa shape index (κ1) is 16.3. The van der Waals surface area contributed by atoms with Crippen LogP contribution in [0, 0.1) is 5.82 Å². The van der Waals surface area contributed by atoms with Gasteiger partial charge in [0.25, 0.3) is 0 Å². The number of morpholine rings is 1. The van der Waals surface area contributed by atoms with E-state index in [9.17, 15) is 9.18 Å². The lowest BCUT2D eigenvalue weighted by atomic mass is 10.2. The summed E-state index contributed by atoms with van der Waals surface area (Å²) in [7, 11) is 0. The normalized spacial score (nSPS) is 14.3. The molecule has 1 amide bonds. The fourth-order valence-corrected chi connectivity index (χ4v) is 2.60. The van der Waals surface area contributed by atoms with E-state index in [1.165, 1.54) is 12.1 Å². The Hall–Kier alpha value is -2.60. The molecule has 0 unspecified atom stereocenters. The van der Waals surface area contributed by atoms with Gasteiger partial charge < -0.3 is 20.3 Å². The molecule has 2 N–H and O–H groups in total. The summed E-state index contributed by atoms with van der Waals surface area (Å²) in [5.74, 6) is -0.454. The van der Waals surface area contributed by atoms with Gasteiger partial charge >= 0.3 is 0 Å². The van der Waals surface area contributed by atoms with Gasteiger partial charge in [0.05, 0.1) is 31.1 Å². The standard InChI is InChI=1S/C18H20FN3O2/c19-14-5-7-15(8-6-14)20-13-18(23)21-16-3-1-2-4-17(16)22-9-11-24-12-10-22/h1-8,20H,9-13H2,(H,21,23). The van der Waals surface area contributed by atoms with Crippen LogP contribution < -0.4 is 15.5 Å². The molecule has 1 heterocycles. The molecule has 2 aromatic rings. The van der Waals surface area contributed by atoms with Crippen molar-refractivity contribution in [1.82, 2.24) is 0 Å². The first-order valence-electron chi connectivity index (χ1n) is 7.93. The molecule has 0 saturated carbocycles. The molecular formula is C18H20FN3O2. The fourth-order valence-electron chi connectivity index (χ4n) is 2.60. The molecular weight excluding hydrogens is 309 g/mol. The van der Waals surface area contributed by atoms with Crippen LogP contribution in [0.5, 0.6) is 0 Å². The van der Waals surface area contributed by atoms with E-state index in [1.54, 1.807) is 12.1 Å². The average Bonchev–Trinajstić information content (AvgIpc) is 2.62. The van der Waals surface area contributed by atoms with Crippen molar-refractivity contribution in [3.05, 3.63) is 54.3 Å². The summed E-state index contributed by atoms with van der Waals surface area (Å²) < 4.78 is 18.2. The second-order valence-electron chi connectivity index (χ2n) is 5.53. The number of hydrogen-bond donors (Lipinski definition) is 2. The zero-order valence-electron chi connectivity index (χ0n) is 13.3. The zero-order valence-corrected chi connectivity index (χ0v) is 13.3. The van der Waals surface area contributed by atoms with Crippen LogP contribution in [0.4, 0.5) is 21.5 Å². The molecule has 1 aliphatic heterocycles. The maximum atomic E-state index is 12.9. The molecule has 2 aromatic carbocycles. The Labute approximate surface area is 140 Å². The highest BCUT2D eigenvalue weighted by Crippen LogP contribution is 2.26. The highest BCUT2D eigenvalue weighted by Gasteiger charge is 2.15. The van der Waals surface area contributed by atoms with Crippen molar-refractivity contribution in [1.29, 1.82) is 0 Å². The van der Waals surface area contributed by atoms with Crippen LogP contribution in [-0.4, -0.2) is 38.8 Å². The van der Waals surface area contributed by atoms with Crippen molar-refractivity contribution < 1.29 is 13.9 Å². The van der Waals surface area contributed by atoms with E-state index < -0.39 is 0 Å². The molecule has 6 heteroatoms. The van der Waals surface area contributed by atoms with E-state index in [0.29, 0.717) is 18.9 Å². The van der Waals surface area contributed by atoms with Gasteiger partial charge in [0.15, 0.2) is 0 Å². The molecule has 0 atom stereocenters. The molecule has 1 saturated heterocycles. The van der Waals surface area contributed by atoms with E-state index in [-0.39, 0.29) is 18.3 Å². The molecule has 126 valence electrons. The highest BCUT2D eigenvalue weighted by atomic mass is 19.1. The highest BCUT2D eigenvalue weighted by molar-refractivity contribution is 5.96. The number of carbonyl (C=O) groups is 1. The number of carbonyl (C=O) groups excluding carboxylic acids is 1. The van der Waals surface area contributed by atoms with E-state index in [4.69, 9.17) is 4.74 Å². The number of rotatable bonds is 5. The van der Waals surface area contributed by atoms with E-state index in [0.717, 1.165) is 24.5 Å². The summed E-state index contributed by atoms with van der Waals surface area (Å²) >= 11 is 0. The Morgan fingerprint density at radius 3 is 2.54 bits per heavy atom. The van der Waals surface area contributed by atoms with Crippen molar-refractivity contribution in [2.75, 3.05) is 48.4 Å². The van der Waals surface area contributed by atoms with Crippen molar-refractivity contribution in [3.8, 4) is 0 Å². The summed E-state index contributed by atoms with van der Waals surface area (Å²) in [6.07, 6.45) is 0. The van der Waals surface area contributed by atoms with Crippen LogP contribution >= 0.6 is 0 Å². The molecule has 0 aliphatic carbocycles. The Morgan fingerprint density at radius 1 is 1.08 bits per heavy atom. The lowest BCUT2D eigenvalue weighted by Gasteiger charge is -2.30. The van der Waals surface area contributed by atoms with Crippen LogP contribution in [0.3, 0.4) is 0 Å². The molecule has 5 nitrogen and oxygen atoms in total. The summed E-state index contributed by atoms with van der Waals surface area (Å²) in [5, 5.41) is 5.91. The number of para-hydroxylation sites is 2. The first-order chi connectivity index (χ1) is 11.7. The van der Waals surface area contributed by atoms with E-state index in [2.05, 4.69) is 15.5 Å². The van der Waals surface area contributed by atoms with Crippen molar-refractivity contribution >= 4 is 23.0 Å². The lowest BCUT2D eigenvalue weighted by Crippen LogP contribution is -2.37. The minimum absolute atomic E-state index is 0.114. The van der Waals surface area contributed by atoms with Crippen LogP contribution in [0.2, 0.25) is 0 Å². The number of nitrogens with zero attached hydrogens (tertiary/aromatic N) is 1. The van der Waals surface area contributed by atoms with E-state index >= 15 is 0 Å². The molecule has 3 rings (SSSR count). The van der Waals surface area contributed by atoms with Gasteiger partial charge in [-0.3, -0.25) is 4.79 Å². The number of benzene rings is 2. The Morgan fingerprint density at radius 2 is 1.79 bits per heavy atom. The topological polar surface area (TPSA) is 53.6 Å². The molecule has 0 bridgehead atoms. The minimum Gasteiger partial charge on any atom is -0.378 e. The maximum absolute atomic E-state index is 12.9. The monoisotopic (exact) mass is 329 g/mol. The Kier molecular flexibility index (Phi) is 5.28. The smallest absolute Gasteiger partial charge is 0.243 e. The minimum atomic E-state index is -0.301. The fraction of sp³-hybridized carbons (Fsp3) is 0.278. The van der Waals surface area contributed by atoms with Crippen LogP contribution in [0.15, 0.2) is 48.5 Å². The SMILES string of the molecule is O=C(CNc1ccc(F)cc1)Nc1ccccc1N1CCOCC1. The second-order valence-corrected chi connectivity index (χ2v) is 5.53. The number of halogens is 1. The third-order valence-electron chi connectivity index (χ3n) is 3.83. The Bertz CT molecular complexity index is 685. The van der Waals surface area contributed by atoms with Gasteiger partial charge in [-0.05, 0) is 36.4 Å². The van der Waals surface area contributed by atoms with Crippen LogP contribution in [0.25, 0.3) is 0 Å². The van der Waals surface area contributed by atoms with Gasteiger partial charge in [-0.25, -0.2) is 4.39 Å². The van der Waals surface area contributed by atoms with Gasteiger partial charge in [-0.1, -0.05) is 12.1 Å². The third kappa shape index (κ3) is 4.23. The molecule has 1 fully saturated rings. The summed E-state index contributed by atoms with van der Waals surface area (Å²) in [6, 6.07) is 13.6. The summed E-state index contributed by atoms with van der Waals surface area (Å²) in [6.45, 7) is 3.10. The number of hydrogen-bond acceptors (Lipinski definition) is 4. The first-order valence-corrected chi connectivity index (χ1v) is 7.93. The maximum Gasteiger partial charge on any atom is 0.243 e. The molecule has 0 spiro atoms. The van der Waals surface area contributed by atoms with Gasteiger partial charge in [-0.15, -0.1) is 0 Å². The molecule has 24 heavy (non-hydrogen) atoms. The van der Waals surface area contributed by atoms with Gasteiger partial charge in [0.1, 0.15) is 5.82 Å². The van der Waals surface area contributed by atoms with E-state index in [1.807, 2.05) is 24.3 Å². The van der Waals surface area contributed by atoms with Crippen molar-refractivity contribution in [3.63, 3.8) is 0 Å². The van der Waals surface area contributed by atoms with Crippen LogP contribution in [0.1, 0.15) is 0 Å². The number of nitrogens with one attached hydrogen (secondary N) is 2. The lowest BCUT2D eigenvalue weighted by molar-refractivity contribution is -0.114. The number of amides is 1. The van der Waals surface area contributed by atoms with Crippen molar-refractivity contribution in [2.24, 2.45) is 0 Å². The predicted molar refractivity (Wildman–Crippen MR) is 93.0 cm³/mol. The van der Waals surface area contributed by atoms with Gasteiger partial charge in [0.2, 0.25) is 5.91 Å². The average molecular weight is 329 g/mol. The molecule has 0 aromatic heterocycles.